The van der Waals surface area contributed by atoms with E-state index >= 15 is 0 Å². The number of allylic oxidation sites excluding steroid dienone is 1. The quantitative estimate of drug-likeness (QED) is 0.0224. The van der Waals surface area contributed by atoms with Crippen molar-refractivity contribution in [2.45, 2.75) is 189 Å². The predicted molar refractivity (Wildman–Crippen MR) is 302 cm³/mol. The van der Waals surface area contributed by atoms with E-state index in [-0.39, 0.29) is 51.0 Å². The monoisotopic (exact) mass is 1140 g/mol. The van der Waals surface area contributed by atoms with Crippen molar-refractivity contribution < 1.29 is 84.8 Å². The Balaban J connectivity index is 0. The molecule has 0 heterocycles. The minimum atomic E-state index is -5.08. The van der Waals surface area contributed by atoms with Gasteiger partial charge in [0.15, 0.2) is 0 Å². The molecule has 4 atom stereocenters. The van der Waals surface area contributed by atoms with E-state index in [1.54, 1.807) is 7.11 Å². The first-order valence-electron chi connectivity index (χ1n) is 29.8. The summed E-state index contributed by atoms with van der Waals surface area (Å²) in [7, 11) is 1.59. The lowest BCUT2D eigenvalue weighted by Gasteiger charge is -2.20. The minimum Gasteiger partial charge on any atom is -0.475 e. The van der Waals surface area contributed by atoms with Gasteiger partial charge in [-0.1, -0.05) is 150 Å². The van der Waals surface area contributed by atoms with Crippen LogP contribution >= 0.6 is 0 Å². The first-order chi connectivity index (χ1) is 38.0. The fourth-order valence-corrected chi connectivity index (χ4v) is 7.81. The van der Waals surface area contributed by atoms with Gasteiger partial charge in [0.25, 0.3) is 0 Å². The van der Waals surface area contributed by atoms with Gasteiger partial charge in [-0.15, -0.1) is 0 Å². The smallest absolute Gasteiger partial charge is 0.475 e. The van der Waals surface area contributed by atoms with E-state index < -0.39 is 18.1 Å². The van der Waals surface area contributed by atoms with E-state index in [9.17, 15) is 27.6 Å². The molecule has 20 heteroatoms. The molecule has 0 aliphatic heterocycles. The SMILES string of the molecule is CCCCCC/C=C\COC(=O)CCCCCCCOCC(COCCOCCOCCOCCOC(=O)CNCCOC(=O)CNCCOC)OCCC(C)CCC[C@H](C)CCC[C@H](C)CCCC(C)C.O=C(O)C(F)(F)F. The van der Waals surface area contributed by atoms with Crippen LogP contribution in [0.5, 0.6) is 0 Å². The molecule has 0 spiro atoms. The summed E-state index contributed by atoms with van der Waals surface area (Å²) in [5.41, 5.74) is 0. The topological polar surface area (TPSA) is 205 Å². The first-order valence-corrected chi connectivity index (χ1v) is 29.8. The van der Waals surface area contributed by atoms with Crippen LogP contribution in [0.15, 0.2) is 12.2 Å². The molecule has 79 heavy (non-hydrogen) atoms. The average Bonchev–Trinajstić information content (AvgIpc) is 3.39. The lowest BCUT2D eigenvalue weighted by atomic mass is 9.91. The molecule has 0 aromatic heterocycles. The molecular formula is C59H111F3N2O15. The molecule has 17 nitrogen and oxygen atoms in total. The van der Waals surface area contributed by atoms with Crippen LogP contribution in [0.3, 0.4) is 0 Å². The van der Waals surface area contributed by atoms with Crippen molar-refractivity contribution in [3.8, 4) is 0 Å². The summed E-state index contributed by atoms with van der Waals surface area (Å²) in [6, 6.07) is 0. The number of aliphatic carboxylic acids is 1. The van der Waals surface area contributed by atoms with Gasteiger partial charge in [-0.2, -0.15) is 13.2 Å². The number of halogens is 3. The second-order valence-electron chi connectivity index (χ2n) is 20.9. The second kappa shape index (κ2) is 58.3. The molecule has 0 saturated heterocycles. The second-order valence-corrected chi connectivity index (χ2v) is 20.9. The van der Waals surface area contributed by atoms with E-state index in [0.29, 0.717) is 105 Å². The number of unbranched alkanes of at least 4 members (excludes halogenated alkanes) is 8. The zero-order valence-corrected chi connectivity index (χ0v) is 50.1. The molecule has 0 saturated carbocycles. The van der Waals surface area contributed by atoms with E-state index in [1.807, 2.05) is 6.08 Å². The number of methoxy groups -OCH3 is 1. The lowest BCUT2D eigenvalue weighted by molar-refractivity contribution is -0.192. The maximum Gasteiger partial charge on any atom is 0.490 e. The number of ether oxygens (including phenoxy) is 10. The molecule has 0 aromatic rings. The van der Waals surface area contributed by atoms with Crippen molar-refractivity contribution in [3.63, 3.8) is 0 Å². The zero-order chi connectivity index (χ0) is 58.9. The largest absolute Gasteiger partial charge is 0.490 e. The molecule has 0 fully saturated rings. The minimum absolute atomic E-state index is 0.0149. The molecule has 0 amide bonds. The maximum atomic E-state index is 12.1. The first kappa shape index (κ1) is 78.1. The van der Waals surface area contributed by atoms with E-state index in [0.717, 1.165) is 62.7 Å². The predicted octanol–water partition coefficient (Wildman–Crippen LogP) is 10.9. The molecule has 0 rings (SSSR count). The molecule has 468 valence electrons. The number of carboxylic acids is 1. The van der Waals surface area contributed by atoms with Crippen LogP contribution in [0.4, 0.5) is 13.2 Å². The Morgan fingerprint density at radius 3 is 1.51 bits per heavy atom. The van der Waals surface area contributed by atoms with Crippen molar-refractivity contribution in [2.24, 2.45) is 23.7 Å². The summed E-state index contributed by atoms with van der Waals surface area (Å²) in [6.07, 6.45) is 23.4. The fourth-order valence-electron chi connectivity index (χ4n) is 7.81. The van der Waals surface area contributed by atoms with Gasteiger partial charge in [-0.05, 0) is 55.8 Å². The zero-order valence-electron chi connectivity index (χ0n) is 50.1. The number of rotatable bonds is 57. The Kier molecular flexibility index (Phi) is 57.6. The van der Waals surface area contributed by atoms with Crippen molar-refractivity contribution in [1.82, 2.24) is 10.6 Å². The molecule has 0 bridgehead atoms. The lowest BCUT2D eigenvalue weighted by Crippen LogP contribution is -2.31. The summed E-state index contributed by atoms with van der Waals surface area (Å²) < 4.78 is 87.4. The molecule has 0 radical (unpaired) electrons. The molecular weight excluding hydrogens is 1030 g/mol. The van der Waals surface area contributed by atoms with Crippen molar-refractivity contribution in [1.29, 1.82) is 0 Å². The Labute approximate surface area is 474 Å². The van der Waals surface area contributed by atoms with Gasteiger partial charge < -0.3 is 63.1 Å². The number of nitrogens with one attached hydrogen (secondary N) is 2. The highest BCUT2D eigenvalue weighted by Gasteiger charge is 2.38. The summed E-state index contributed by atoms with van der Waals surface area (Å²) >= 11 is 0. The normalized spacial score (nSPS) is 13.3. The van der Waals surface area contributed by atoms with Crippen molar-refractivity contribution >= 4 is 23.9 Å². The standard InChI is InChI=1S/C57H110N2O13.C2HF3O2/c1-8-9-10-11-12-16-19-34-70-55(60)29-17-14-13-15-18-33-67-48-54(69-35-30-53(6)28-22-27-52(5)26-21-25-51(4)24-20-23-50(2)3)49-68-43-42-65-39-38-64-40-41-66-44-45-72-57(62)47-59-32-37-71-56(61)46-58-31-36-63-7;3-2(4,5)1(6)7/h16,19,50-54,58-59H,8-15,17-18,20-49H2,1-7H3;(H,6,7)/b19-16-;/t51-,52-,53?,54?;/m1./s1. The van der Waals surface area contributed by atoms with E-state index in [4.69, 9.17) is 57.3 Å². The van der Waals surface area contributed by atoms with Gasteiger partial charge in [-0.25, -0.2) is 4.79 Å². The van der Waals surface area contributed by atoms with Crippen LogP contribution in [-0.2, 0) is 66.5 Å². The highest BCUT2D eigenvalue weighted by Crippen LogP contribution is 2.23. The molecule has 2 unspecified atom stereocenters. The van der Waals surface area contributed by atoms with Gasteiger partial charge in [-0.3, -0.25) is 14.4 Å². The van der Waals surface area contributed by atoms with Gasteiger partial charge in [0.2, 0.25) is 0 Å². The molecule has 0 aliphatic rings. The number of carbonyl (C=O) groups is 4. The van der Waals surface area contributed by atoms with Crippen LogP contribution in [0.25, 0.3) is 0 Å². The maximum absolute atomic E-state index is 12.1. The van der Waals surface area contributed by atoms with Gasteiger partial charge >= 0.3 is 30.1 Å². The Bertz CT molecular complexity index is 1420. The van der Waals surface area contributed by atoms with Crippen LogP contribution < -0.4 is 10.6 Å². The van der Waals surface area contributed by atoms with Gasteiger partial charge in [0.05, 0.1) is 79.2 Å². The van der Waals surface area contributed by atoms with E-state index in [1.165, 1.54) is 83.5 Å². The van der Waals surface area contributed by atoms with Crippen molar-refractivity contribution in [2.75, 3.05) is 132 Å². The van der Waals surface area contributed by atoms with Crippen LogP contribution in [0.1, 0.15) is 176 Å². The van der Waals surface area contributed by atoms with Gasteiger partial charge in [0, 0.05) is 39.8 Å². The third-order valence-electron chi connectivity index (χ3n) is 12.7. The Hall–Kier alpha value is -2.95. The number of hydrogen-bond donors (Lipinski definition) is 3. The highest BCUT2D eigenvalue weighted by molar-refractivity contribution is 5.73. The van der Waals surface area contributed by atoms with Crippen molar-refractivity contribution in [3.05, 3.63) is 12.2 Å². The number of hydrogen-bond acceptors (Lipinski definition) is 16. The van der Waals surface area contributed by atoms with Crippen LogP contribution in [-0.4, -0.2) is 174 Å². The summed E-state index contributed by atoms with van der Waals surface area (Å²) in [6.45, 7) is 21.4. The number of carbonyl (C=O) groups excluding carboxylic acids is 3. The fraction of sp³-hybridized carbons (Fsp3) is 0.898. The van der Waals surface area contributed by atoms with Gasteiger partial charge in [0.1, 0.15) is 25.9 Å². The number of esters is 3. The molecule has 0 aliphatic carbocycles. The Morgan fingerprint density at radius 1 is 0.494 bits per heavy atom. The molecule has 3 N–H and O–H groups in total. The Morgan fingerprint density at radius 2 is 0.962 bits per heavy atom. The third-order valence-corrected chi connectivity index (χ3v) is 12.7. The number of carboxylic acid groups (broad SMARTS) is 1. The third kappa shape index (κ3) is 62.5. The van der Waals surface area contributed by atoms with E-state index in [2.05, 4.69) is 58.3 Å². The summed E-state index contributed by atoms with van der Waals surface area (Å²) in [5.74, 6) is -0.562. The van der Waals surface area contributed by atoms with Crippen LogP contribution in [0.2, 0.25) is 0 Å². The number of alkyl halides is 3. The molecule has 0 aromatic carbocycles. The average molecular weight is 1150 g/mol. The van der Waals surface area contributed by atoms with Crippen LogP contribution in [0, 0.1) is 23.7 Å². The highest BCUT2D eigenvalue weighted by atomic mass is 19.4. The summed E-state index contributed by atoms with van der Waals surface area (Å²) in [4.78, 5) is 44.4. The summed E-state index contributed by atoms with van der Waals surface area (Å²) in [5, 5.41) is 12.9.